The third-order valence-corrected chi connectivity index (χ3v) is 6.85. The average molecular weight is 416 g/mol. The molecule has 1 heterocycles. The SMILES string of the molecule is Cc1c(C(C)C(C)(C)C(C)C(=O)O)n(Cc2ccc(Cl)cc2)c2ccc(F)cc12. The van der Waals surface area contributed by atoms with Crippen LogP contribution in [0.25, 0.3) is 10.9 Å². The molecule has 0 radical (unpaired) electrons. The molecule has 3 aromatic rings. The summed E-state index contributed by atoms with van der Waals surface area (Å²) in [5.41, 5.74) is 3.55. The van der Waals surface area contributed by atoms with E-state index in [1.165, 1.54) is 6.07 Å². The summed E-state index contributed by atoms with van der Waals surface area (Å²) in [4.78, 5) is 11.7. The van der Waals surface area contributed by atoms with Crippen molar-refractivity contribution in [2.24, 2.45) is 11.3 Å². The molecule has 1 N–H and O–H groups in total. The molecule has 0 aliphatic heterocycles. The van der Waals surface area contributed by atoms with E-state index >= 15 is 0 Å². The van der Waals surface area contributed by atoms with Crippen molar-refractivity contribution in [3.05, 3.63) is 70.1 Å². The van der Waals surface area contributed by atoms with E-state index in [0.29, 0.717) is 11.6 Å². The van der Waals surface area contributed by atoms with Crippen molar-refractivity contribution < 1.29 is 14.3 Å². The molecule has 0 spiro atoms. The third-order valence-electron chi connectivity index (χ3n) is 6.59. The molecule has 3 rings (SSSR count). The Balaban J connectivity index is 2.20. The van der Waals surface area contributed by atoms with Gasteiger partial charge in [-0.25, -0.2) is 4.39 Å². The lowest BCUT2D eigenvalue weighted by molar-refractivity contribution is -0.145. The summed E-state index contributed by atoms with van der Waals surface area (Å²) in [7, 11) is 0. The number of carbonyl (C=O) groups is 1. The summed E-state index contributed by atoms with van der Waals surface area (Å²) >= 11 is 6.03. The molecule has 1 aromatic heterocycles. The van der Waals surface area contributed by atoms with Gasteiger partial charge in [-0.05, 0) is 53.8 Å². The molecule has 3 nitrogen and oxygen atoms in total. The Labute approximate surface area is 176 Å². The predicted molar refractivity (Wildman–Crippen MR) is 116 cm³/mol. The number of aliphatic carboxylic acids is 1. The van der Waals surface area contributed by atoms with E-state index in [2.05, 4.69) is 11.5 Å². The molecule has 0 saturated carbocycles. The Kier molecular flexibility index (Phi) is 5.77. The Morgan fingerprint density at radius 2 is 1.79 bits per heavy atom. The molecule has 5 heteroatoms. The van der Waals surface area contributed by atoms with Gasteiger partial charge in [0.05, 0.1) is 5.92 Å². The number of fused-ring (bicyclic) bond motifs is 1. The number of aryl methyl sites for hydroxylation is 1. The first-order chi connectivity index (χ1) is 13.5. The van der Waals surface area contributed by atoms with Crippen LogP contribution in [-0.4, -0.2) is 15.6 Å². The van der Waals surface area contributed by atoms with Gasteiger partial charge in [-0.3, -0.25) is 4.79 Å². The van der Waals surface area contributed by atoms with Gasteiger partial charge in [0, 0.05) is 34.1 Å². The van der Waals surface area contributed by atoms with Crippen molar-refractivity contribution >= 4 is 28.5 Å². The van der Waals surface area contributed by atoms with Crippen LogP contribution in [0.4, 0.5) is 4.39 Å². The minimum atomic E-state index is -0.814. The highest BCUT2D eigenvalue weighted by atomic mass is 35.5. The second-order valence-electron chi connectivity index (χ2n) is 8.49. The average Bonchev–Trinajstić information content (AvgIpc) is 2.93. The number of rotatable bonds is 6. The maximum atomic E-state index is 14.0. The lowest BCUT2D eigenvalue weighted by atomic mass is 9.69. The highest BCUT2D eigenvalue weighted by molar-refractivity contribution is 6.30. The van der Waals surface area contributed by atoms with Crippen LogP contribution in [0.5, 0.6) is 0 Å². The lowest BCUT2D eigenvalue weighted by Crippen LogP contribution is -2.34. The van der Waals surface area contributed by atoms with Crippen molar-refractivity contribution in [3.63, 3.8) is 0 Å². The van der Waals surface area contributed by atoms with E-state index in [1.807, 2.05) is 45.0 Å². The monoisotopic (exact) mass is 415 g/mol. The van der Waals surface area contributed by atoms with Crippen molar-refractivity contribution in [2.75, 3.05) is 0 Å². The highest BCUT2D eigenvalue weighted by Gasteiger charge is 2.39. The minimum absolute atomic E-state index is 0.0589. The molecular formula is C24H27ClFNO2. The molecule has 2 atom stereocenters. The van der Waals surface area contributed by atoms with Crippen LogP contribution in [-0.2, 0) is 11.3 Å². The largest absolute Gasteiger partial charge is 0.481 e. The number of carboxylic acid groups (broad SMARTS) is 1. The van der Waals surface area contributed by atoms with Crippen LogP contribution in [0.3, 0.4) is 0 Å². The molecule has 0 saturated heterocycles. The fourth-order valence-electron chi connectivity index (χ4n) is 4.06. The van der Waals surface area contributed by atoms with E-state index in [1.54, 1.807) is 19.1 Å². The number of aromatic nitrogens is 1. The summed E-state index contributed by atoms with van der Waals surface area (Å²) < 4.78 is 16.2. The first kappa shape index (κ1) is 21.4. The summed E-state index contributed by atoms with van der Waals surface area (Å²) in [6.07, 6.45) is 0. The maximum Gasteiger partial charge on any atom is 0.306 e. The zero-order valence-corrected chi connectivity index (χ0v) is 18.2. The number of hydrogen-bond acceptors (Lipinski definition) is 1. The molecule has 0 aliphatic rings. The highest BCUT2D eigenvalue weighted by Crippen LogP contribution is 2.45. The van der Waals surface area contributed by atoms with Gasteiger partial charge in [-0.1, -0.05) is 51.4 Å². The fraction of sp³-hybridized carbons (Fsp3) is 0.375. The quantitative estimate of drug-likeness (QED) is 0.490. The van der Waals surface area contributed by atoms with Crippen LogP contribution in [0.1, 0.15) is 50.4 Å². The molecule has 0 aliphatic carbocycles. The van der Waals surface area contributed by atoms with Gasteiger partial charge in [0.25, 0.3) is 0 Å². The van der Waals surface area contributed by atoms with Gasteiger partial charge >= 0.3 is 5.97 Å². The minimum Gasteiger partial charge on any atom is -0.481 e. The predicted octanol–water partition coefficient (Wildman–Crippen LogP) is 6.64. The Morgan fingerprint density at radius 1 is 1.17 bits per heavy atom. The number of carboxylic acids is 1. The molecule has 0 fully saturated rings. The van der Waals surface area contributed by atoms with Crippen LogP contribution in [0, 0.1) is 24.1 Å². The Hall–Kier alpha value is -2.33. The number of hydrogen-bond donors (Lipinski definition) is 1. The van der Waals surface area contributed by atoms with Crippen LogP contribution in [0.15, 0.2) is 42.5 Å². The van der Waals surface area contributed by atoms with E-state index in [9.17, 15) is 14.3 Å². The fourth-order valence-corrected chi connectivity index (χ4v) is 4.19. The zero-order chi connectivity index (χ0) is 21.5. The smallest absolute Gasteiger partial charge is 0.306 e. The molecule has 0 amide bonds. The summed E-state index contributed by atoms with van der Waals surface area (Å²) in [5, 5.41) is 11.2. The molecule has 2 aromatic carbocycles. The normalized spacial score (nSPS) is 14.2. The molecule has 2 unspecified atom stereocenters. The second kappa shape index (κ2) is 7.83. The van der Waals surface area contributed by atoms with Crippen LogP contribution in [0.2, 0.25) is 5.02 Å². The van der Waals surface area contributed by atoms with Crippen molar-refractivity contribution in [3.8, 4) is 0 Å². The van der Waals surface area contributed by atoms with Gasteiger partial charge in [-0.15, -0.1) is 0 Å². The molecular weight excluding hydrogens is 389 g/mol. The Morgan fingerprint density at radius 3 is 2.38 bits per heavy atom. The standard InChI is InChI=1S/C24H27ClFNO2/c1-14-20-12-19(26)10-11-21(20)27(13-17-6-8-18(25)9-7-17)22(14)15(2)24(4,5)16(3)23(28)29/h6-12,15-16H,13H2,1-5H3,(H,28,29). The van der Waals surface area contributed by atoms with Gasteiger partial charge < -0.3 is 9.67 Å². The van der Waals surface area contributed by atoms with Gasteiger partial charge in [0.15, 0.2) is 0 Å². The number of halogens is 2. The van der Waals surface area contributed by atoms with Crippen molar-refractivity contribution in [1.82, 2.24) is 4.57 Å². The van der Waals surface area contributed by atoms with Crippen LogP contribution < -0.4 is 0 Å². The molecule has 0 bridgehead atoms. The molecule has 154 valence electrons. The first-order valence-electron chi connectivity index (χ1n) is 9.79. The molecule has 29 heavy (non-hydrogen) atoms. The van der Waals surface area contributed by atoms with E-state index in [4.69, 9.17) is 11.6 Å². The lowest BCUT2D eigenvalue weighted by Gasteiger charge is -2.36. The topological polar surface area (TPSA) is 42.2 Å². The summed E-state index contributed by atoms with van der Waals surface area (Å²) in [5.74, 6) is -1.68. The van der Waals surface area contributed by atoms with Gasteiger partial charge in [0.2, 0.25) is 0 Å². The van der Waals surface area contributed by atoms with Gasteiger partial charge in [-0.2, -0.15) is 0 Å². The zero-order valence-electron chi connectivity index (χ0n) is 17.5. The Bertz CT molecular complexity index is 1050. The third kappa shape index (κ3) is 3.91. The van der Waals surface area contributed by atoms with E-state index in [-0.39, 0.29) is 11.7 Å². The van der Waals surface area contributed by atoms with E-state index in [0.717, 1.165) is 27.7 Å². The maximum absolute atomic E-state index is 14.0. The van der Waals surface area contributed by atoms with Crippen molar-refractivity contribution in [2.45, 2.75) is 47.1 Å². The summed E-state index contributed by atoms with van der Waals surface area (Å²) in [6.45, 7) is 10.4. The van der Waals surface area contributed by atoms with E-state index < -0.39 is 17.3 Å². The van der Waals surface area contributed by atoms with Crippen LogP contribution >= 0.6 is 11.6 Å². The summed E-state index contributed by atoms with van der Waals surface area (Å²) in [6, 6.07) is 12.5. The van der Waals surface area contributed by atoms with Gasteiger partial charge in [0.1, 0.15) is 5.82 Å². The van der Waals surface area contributed by atoms with Crippen molar-refractivity contribution in [1.29, 1.82) is 0 Å². The first-order valence-corrected chi connectivity index (χ1v) is 10.2. The second-order valence-corrected chi connectivity index (χ2v) is 8.92. The number of nitrogens with zero attached hydrogens (tertiary/aromatic N) is 1. The number of benzene rings is 2.